The highest BCUT2D eigenvalue weighted by Gasteiger charge is 2.32. The van der Waals surface area contributed by atoms with Crippen LogP contribution in [-0.4, -0.2) is 77.1 Å². The van der Waals surface area contributed by atoms with E-state index in [1.165, 1.54) is 0 Å². The molecule has 8 nitrogen and oxygen atoms in total. The smallest absolute Gasteiger partial charge is 0.242 e. The summed E-state index contributed by atoms with van der Waals surface area (Å²) in [5, 5.41) is 0. The van der Waals surface area contributed by atoms with Gasteiger partial charge >= 0.3 is 0 Å². The molecule has 2 aromatic rings. The lowest BCUT2D eigenvalue weighted by molar-refractivity contribution is -0.139. The normalized spacial score (nSPS) is 20.0. The number of hydrogen-bond donors (Lipinski definition) is 0. The molecule has 2 aliphatic rings. The zero-order chi connectivity index (χ0) is 22.9. The van der Waals surface area contributed by atoms with Gasteiger partial charge in [-0.1, -0.05) is 30.3 Å². The van der Waals surface area contributed by atoms with Crippen LogP contribution in [-0.2, 0) is 32.1 Å². The average molecular weight is 453 g/mol. The number of amides is 2. The van der Waals surface area contributed by atoms with Crippen LogP contribution in [0, 0.1) is 5.92 Å². The number of carbonyl (C=O) groups is 2. The van der Waals surface area contributed by atoms with Crippen LogP contribution >= 0.6 is 0 Å². The summed E-state index contributed by atoms with van der Waals surface area (Å²) in [6, 6.07) is 9.97. The van der Waals surface area contributed by atoms with Crippen molar-refractivity contribution in [3.63, 3.8) is 0 Å². The van der Waals surface area contributed by atoms with Crippen molar-refractivity contribution in [2.75, 3.05) is 39.4 Å². The summed E-state index contributed by atoms with van der Waals surface area (Å²) < 4.78 is 11.7. The lowest BCUT2D eigenvalue weighted by Crippen LogP contribution is -2.42. The zero-order valence-corrected chi connectivity index (χ0v) is 19.0. The van der Waals surface area contributed by atoms with Gasteiger partial charge in [0.1, 0.15) is 0 Å². The van der Waals surface area contributed by atoms with Crippen LogP contribution in [0.4, 0.5) is 0 Å². The summed E-state index contributed by atoms with van der Waals surface area (Å²) in [5.41, 5.74) is 1.84. The van der Waals surface area contributed by atoms with E-state index in [9.17, 15) is 9.59 Å². The van der Waals surface area contributed by atoms with Crippen molar-refractivity contribution in [3.8, 4) is 0 Å². The van der Waals surface area contributed by atoms with Gasteiger partial charge in [-0.05, 0) is 30.7 Å². The van der Waals surface area contributed by atoms with Gasteiger partial charge in [0.05, 0.1) is 24.9 Å². The van der Waals surface area contributed by atoms with Crippen molar-refractivity contribution in [1.82, 2.24) is 19.8 Å². The number of nitrogens with zero attached hydrogens (tertiary/aromatic N) is 4. The van der Waals surface area contributed by atoms with Gasteiger partial charge in [-0.15, -0.1) is 0 Å². The molecule has 2 aliphatic heterocycles. The zero-order valence-electron chi connectivity index (χ0n) is 19.0. The molecule has 8 heteroatoms. The lowest BCUT2D eigenvalue weighted by Gasteiger charge is -2.30. The fraction of sp³-hybridized carbons (Fsp3) is 0.520. The molecule has 2 amide bonds. The van der Waals surface area contributed by atoms with Gasteiger partial charge in [0.2, 0.25) is 11.8 Å². The minimum atomic E-state index is -0.239. The maximum absolute atomic E-state index is 13.1. The van der Waals surface area contributed by atoms with Crippen LogP contribution in [0.2, 0.25) is 0 Å². The monoisotopic (exact) mass is 452 g/mol. The molecule has 1 atom stereocenters. The van der Waals surface area contributed by atoms with E-state index >= 15 is 0 Å². The van der Waals surface area contributed by atoms with Gasteiger partial charge in [0.15, 0.2) is 0 Å². The summed E-state index contributed by atoms with van der Waals surface area (Å²) in [5.74, 6) is 0.353. The molecular weight excluding hydrogens is 420 g/mol. The van der Waals surface area contributed by atoms with E-state index in [4.69, 9.17) is 9.47 Å². The molecule has 0 aliphatic carbocycles. The van der Waals surface area contributed by atoms with Crippen molar-refractivity contribution in [2.45, 2.75) is 38.4 Å². The minimum Gasteiger partial charge on any atom is -0.381 e. The third-order valence-corrected chi connectivity index (χ3v) is 6.24. The number of aromatic nitrogens is 2. The summed E-state index contributed by atoms with van der Waals surface area (Å²) in [4.78, 5) is 38.0. The first kappa shape index (κ1) is 23.3. The standard InChI is InChI=1S/C25H32N4O4/c30-24(7-6-22-14-26-10-11-27-22)29-17-23(33-19-21-4-2-1-3-5-21)16-28(25(31)18-29)15-20-8-12-32-13-9-20/h1-5,10-11,14,20,23H,6-9,12-13,15-19H2/t23-/m0/s1. The largest absolute Gasteiger partial charge is 0.381 e. The van der Waals surface area contributed by atoms with E-state index in [-0.39, 0.29) is 30.9 Å². The summed E-state index contributed by atoms with van der Waals surface area (Å²) >= 11 is 0. The molecule has 1 aromatic heterocycles. The first-order valence-electron chi connectivity index (χ1n) is 11.7. The molecule has 0 N–H and O–H groups in total. The molecule has 0 spiro atoms. The van der Waals surface area contributed by atoms with Crippen molar-refractivity contribution < 1.29 is 19.1 Å². The number of ether oxygens (including phenoxy) is 2. The number of carbonyl (C=O) groups excluding carboxylic acids is 2. The molecule has 33 heavy (non-hydrogen) atoms. The molecule has 3 heterocycles. The summed E-state index contributed by atoms with van der Waals surface area (Å²) in [6.45, 7) is 3.62. The van der Waals surface area contributed by atoms with Gasteiger partial charge in [-0.3, -0.25) is 19.6 Å². The highest BCUT2D eigenvalue weighted by molar-refractivity contribution is 5.85. The maximum Gasteiger partial charge on any atom is 0.242 e. The number of benzene rings is 1. The highest BCUT2D eigenvalue weighted by Crippen LogP contribution is 2.19. The van der Waals surface area contributed by atoms with Crippen LogP contribution in [0.25, 0.3) is 0 Å². The topological polar surface area (TPSA) is 84.9 Å². The molecule has 2 fully saturated rings. The molecule has 2 saturated heterocycles. The molecule has 1 aromatic carbocycles. The predicted molar refractivity (Wildman–Crippen MR) is 122 cm³/mol. The molecule has 0 saturated carbocycles. The Kier molecular flexibility index (Phi) is 8.38. The quantitative estimate of drug-likeness (QED) is 0.610. The molecule has 4 rings (SSSR count). The van der Waals surface area contributed by atoms with Gasteiger partial charge in [0, 0.05) is 57.9 Å². The van der Waals surface area contributed by atoms with Crippen LogP contribution in [0.1, 0.15) is 30.5 Å². The molecule has 0 unspecified atom stereocenters. The van der Waals surface area contributed by atoms with E-state index in [0.29, 0.717) is 38.6 Å². The summed E-state index contributed by atoms with van der Waals surface area (Å²) in [6.07, 6.45) is 7.37. The Morgan fingerprint density at radius 3 is 2.70 bits per heavy atom. The van der Waals surface area contributed by atoms with E-state index < -0.39 is 0 Å². The van der Waals surface area contributed by atoms with Crippen molar-refractivity contribution in [1.29, 1.82) is 0 Å². The van der Waals surface area contributed by atoms with Gasteiger partial charge in [-0.25, -0.2) is 0 Å². The molecule has 0 radical (unpaired) electrons. The Labute approximate surface area is 194 Å². The number of hydrogen-bond acceptors (Lipinski definition) is 6. The minimum absolute atomic E-state index is 0.0137. The number of aryl methyl sites for hydroxylation is 1. The Morgan fingerprint density at radius 2 is 1.94 bits per heavy atom. The molecular formula is C25H32N4O4. The summed E-state index contributed by atoms with van der Waals surface area (Å²) in [7, 11) is 0. The lowest BCUT2D eigenvalue weighted by atomic mass is 9.99. The molecule has 176 valence electrons. The molecule has 0 bridgehead atoms. The Balaban J connectivity index is 1.41. The maximum atomic E-state index is 13.1. The highest BCUT2D eigenvalue weighted by atomic mass is 16.5. The Morgan fingerprint density at radius 1 is 1.12 bits per heavy atom. The van der Waals surface area contributed by atoms with E-state index in [1.807, 2.05) is 35.2 Å². The third kappa shape index (κ3) is 7.07. The number of rotatable bonds is 8. The van der Waals surface area contributed by atoms with Gasteiger partial charge in [-0.2, -0.15) is 0 Å². The van der Waals surface area contributed by atoms with Crippen LogP contribution < -0.4 is 0 Å². The van der Waals surface area contributed by atoms with E-state index in [2.05, 4.69) is 9.97 Å². The van der Waals surface area contributed by atoms with Crippen molar-refractivity contribution in [2.24, 2.45) is 5.92 Å². The van der Waals surface area contributed by atoms with Crippen LogP contribution in [0.5, 0.6) is 0 Å². The second-order valence-electron chi connectivity index (χ2n) is 8.74. The van der Waals surface area contributed by atoms with Crippen LogP contribution in [0.15, 0.2) is 48.9 Å². The van der Waals surface area contributed by atoms with Crippen molar-refractivity contribution >= 4 is 11.8 Å². The SMILES string of the molecule is O=C(CCc1cnccn1)N1CC(=O)N(CC2CCOCC2)C[C@H](OCc2ccccc2)C1. The Hall–Kier alpha value is -2.84. The van der Waals surface area contributed by atoms with E-state index in [1.54, 1.807) is 23.5 Å². The van der Waals surface area contributed by atoms with Gasteiger partial charge < -0.3 is 19.3 Å². The first-order valence-corrected chi connectivity index (χ1v) is 11.7. The second-order valence-corrected chi connectivity index (χ2v) is 8.74. The second kappa shape index (κ2) is 11.9. The fourth-order valence-electron chi connectivity index (χ4n) is 4.33. The average Bonchev–Trinajstić information content (AvgIpc) is 3.02. The van der Waals surface area contributed by atoms with Crippen molar-refractivity contribution in [3.05, 3.63) is 60.2 Å². The van der Waals surface area contributed by atoms with Gasteiger partial charge in [0.25, 0.3) is 0 Å². The first-order chi connectivity index (χ1) is 16.2. The predicted octanol–water partition coefficient (Wildman–Crippen LogP) is 2.09. The fourth-order valence-corrected chi connectivity index (χ4v) is 4.33. The van der Waals surface area contributed by atoms with E-state index in [0.717, 1.165) is 37.3 Å². The Bertz CT molecular complexity index is 890. The third-order valence-electron chi connectivity index (χ3n) is 6.24. The van der Waals surface area contributed by atoms with Crippen LogP contribution in [0.3, 0.4) is 0 Å².